The number of fused-ring (bicyclic) bond motifs is 3. The van der Waals surface area contributed by atoms with Crippen LogP contribution < -0.4 is 21.3 Å². The van der Waals surface area contributed by atoms with Crippen LogP contribution in [-0.4, -0.2) is 52.6 Å². The number of amides is 1. The van der Waals surface area contributed by atoms with Crippen molar-refractivity contribution in [2.45, 2.75) is 51.6 Å². The van der Waals surface area contributed by atoms with Gasteiger partial charge in [0, 0.05) is 49.0 Å². The van der Waals surface area contributed by atoms with Gasteiger partial charge < -0.3 is 21.3 Å². The van der Waals surface area contributed by atoms with E-state index in [9.17, 15) is 4.79 Å². The van der Waals surface area contributed by atoms with Crippen LogP contribution in [0, 0.1) is 25.6 Å². The normalized spacial score (nSPS) is 23.9. The molecule has 3 aromatic heterocycles. The molecular formula is C24H28FN7OS. The van der Waals surface area contributed by atoms with Crippen molar-refractivity contribution in [3.63, 3.8) is 0 Å². The number of nitrogens with zero attached hydrogens (tertiary/aromatic N) is 4. The van der Waals surface area contributed by atoms with Crippen LogP contribution >= 0.6 is 11.3 Å². The predicted octanol–water partition coefficient (Wildman–Crippen LogP) is 2.51. The molecule has 3 aliphatic rings. The maximum atomic E-state index is 15.2. The van der Waals surface area contributed by atoms with E-state index in [4.69, 9.17) is 10.7 Å². The van der Waals surface area contributed by atoms with Crippen molar-refractivity contribution in [1.82, 2.24) is 25.6 Å². The summed E-state index contributed by atoms with van der Waals surface area (Å²) in [4.78, 5) is 30.2. The number of nitrogen functional groups attached to an aromatic ring is 1. The highest BCUT2D eigenvalue weighted by Gasteiger charge is 2.39. The van der Waals surface area contributed by atoms with Gasteiger partial charge in [-0.05, 0) is 45.4 Å². The SMILES string of the molecule is Cc1nc(C)c2c(N)c(C(=O)NC3CCc4nc(N5CCC6CNCC65)cc(F)c4C3)sc2n1. The van der Waals surface area contributed by atoms with E-state index in [1.54, 1.807) is 6.07 Å². The van der Waals surface area contributed by atoms with Crippen molar-refractivity contribution < 1.29 is 9.18 Å². The molecule has 0 spiro atoms. The highest BCUT2D eigenvalue weighted by Crippen LogP contribution is 2.35. The molecule has 2 aliphatic heterocycles. The molecule has 4 N–H and O–H groups in total. The Kier molecular flexibility index (Phi) is 5.18. The van der Waals surface area contributed by atoms with E-state index in [1.165, 1.54) is 11.3 Å². The summed E-state index contributed by atoms with van der Waals surface area (Å²) in [6.07, 6.45) is 2.90. The zero-order valence-corrected chi connectivity index (χ0v) is 20.1. The number of hydrogen-bond donors (Lipinski definition) is 3. The van der Waals surface area contributed by atoms with Gasteiger partial charge in [0.2, 0.25) is 0 Å². The van der Waals surface area contributed by atoms with Crippen LogP contribution in [0.15, 0.2) is 6.07 Å². The Labute approximate surface area is 201 Å². The van der Waals surface area contributed by atoms with Crippen molar-refractivity contribution >= 4 is 39.0 Å². The first-order chi connectivity index (χ1) is 16.4. The molecule has 3 unspecified atom stereocenters. The fourth-order valence-electron chi connectivity index (χ4n) is 5.81. The average molecular weight is 482 g/mol. The maximum absolute atomic E-state index is 15.2. The quantitative estimate of drug-likeness (QED) is 0.527. The lowest BCUT2D eigenvalue weighted by atomic mass is 9.91. The minimum Gasteiger partial charge on any atom is -0.397 e. The third kappa shape index (κ3) is 3.51. The summed E-state index contributed by atoms with van der Waals surface area (Å²) in [7, 11) is 0. The molecule has 34 heavy (non-hydrogen) atoms. The second-order valence-electron chi connectivity index (χ2n) is 9.65. The van der Waals surface area contributed by atoms with Gasteiger partial charge in [0.1, 0.15) is 27.2 Å². The number of carbonyl (C=O) groups is 1. The molecule has 178 valence electrons. The second kappa shape index (κ2) is 8.13. The summed E-state index contributed by atoms with van der Waals surface area (Å²) in [6, 6.07) is 1.82. The molecule has 0 saturated carbocycles. The van der Waals surface area contributed by atoms with Crippen LogP contribution in [0.25, 0.3) is 10.2 Å². The average Bonchev–Trinajstić information content (AvgIpc) is 3.48. The minimum atomic E-state index is -0.243. The number of hydrogen-bond acceptors (Lipinski definition) is 8. The Bertz CT molecular complexity index is 1310. The van der Waals surface area contributed by atoms with Crippen molar-refractivity contribution in [1.29, 1.82) is 0 Å². The first-order valence-electron chi connectivity index (χ1n) is 11.9. The second-order valence-corrected chi connectivity index (χ2v) is 10.6. The third-order valence-electron chi connectivity index (χ3n) is 7.48. The molecule has 10 heteroatoms. The van der Waals surface area contributed by atoms with Gasteiger partial charge in [0.25, 0.3) is 5.91 Å². The molecule has 0 radical (unpaired) electrons. The Morgan fingerprint density at radius 2 is 2.12 bits per heavy atom. The number of aryl methyl sites for hydroxylation is 3. The van der Waals surface area contributed by atoms with Crippen LogP contribution in [0.3, 0.4) is 0 Å². The number of anilines is 2. The van der Waals surface area contributed by atoms with Crippen LogP contribution in [0.5, 0.6) is 0 Å². The fraction of sp³-hybridized carbons (Fsp3) is 0.500. The van der Waals surface area contributed by atoms with Crippen molar-refractivity contribution in [3.05, 3.63) is 39.5 Å². The molecule has 2 saturated heterocycles. The topological polar surface area (TPSA) is 109 Å². The van der Waals surface area contributed by atoms with E-state index in [-0.39, 0.29) is 17.8 Å². The van der Waals surface area contributed by atoms with Crippen LogP contribution in [0.1, 0.15) is 45.3 Å². The molecular weight excluding hydrogens is 453 g/mol. The fourth-order valence-corrected chi connectivity index (χ4v) is 6.91. The number of carbonyl (C=O) groups excluding carboxylic acids is 1. The lowest BCUT2D eigenvalue weighted by Crippen LogP contribution is -2.40. The summed E-state index contributed by atoms with van der Waals surface area (Å²) in [6.45, 7) is 6.59. The van der Waals surface area contributed by atoms with Gasteiger partial charge in [-0.1, -0.05) is 0 Å². The summed E-state index contributed by atoms with van der Waals surface area (Å²) in [5.41, 5.74) is 8.91. The van der Waals surface area contributed by atoms with E-state index >= 15 is 4.39 Å². The molecule has 8 nitrogen and oxygen atoms in total. The smallest absolute Gasteiger partial charge is 0.263 e. The number of aromatic nitrogens is 3. The van der Waals surface area contributed by atoms with Gasteiger partial charge in [-0.3, -0.25) is 4.79 Å². The molecule has 2 fully saturated rings. The summed E-state index contributed by atoms with van der Waals surface area (Å²) in [5, 5.41) is 7.24. The zero-order valence-electron chi connectivity index (χ0n) is 19.3. The summed E-state index contributed by atoms with van der Waals surface area (Å²) in [5.74, 6) is 1.56. The summed E-state index contributed by atoms with van der Waals surface area (Å²) < 4.78 is 15.2. The Balaban J connectivity index is 1.21. The number of pyridine rings is 1. The largest absolute Gasteiger partial charge is 0.397 e. The van der Waals surface area contributed by atoms with Gasteiger partial charge in [-0.15, -0.1) is 11.3 Å². The minimum absolute atomic E-state index is 0.170. The summed E-state index contributed by atoms with van der Waals surface area (Å²) >= 11 is 1.28. The molecule has 0 aromatic carbocycles. The molecule has 3 aromatic rings. The van der Waals surface area contributed by atoms with Crippen LogP contribution in [0.4, 0.5) is 15.9 Å². The lowest BCUT2D eigenvalue weighted by molar-refractivity contribution is 0.0938. The monoisotopic (exact) mass is 481 g/mol. The van der Waals surface area contributed by atoms with Crippen LogP contribution in [-0.2, 0) is 12.8 Å². The van der Waals surface area contributed by atoms with Crippen molar-refractivity contribution in [2.75, 3.05) is 30.3 Å². The molecule has 0 bridgehead atoms. The van der Waals surface area contributed by atoms with E-state index in [0.717, 1.165) is 48.6 Å². The Hall–Kier alpha value is -2.85. The first kappa shape index (κ1) is 21.7. The van der Waals surface area contributed by atoms with Gasteiger partial charge in [-0.2, -0.15) is 0 Å². The van der Waals surface area contributed by atoms with E-state index in [0.29, 0.717) is 58.0 Å². The third-order valence-corrected chi connectivity index (χ3v) is 8.58. The highest BCUT2D eigenvalue weighted by atomic mass is 32.1. The number of nitrogens with one attached hydrogen (secondary N) is 2. The highest BCUT2D eigenvalue weighted by molar-refractivity contribution is 7.21. The number of nitrogens with two attached hydrogens (primary N) is 1. The number of rotatable bonds is 3. The van der Waals surface area contributed by atoms with E-state index in [2.05, 4.69) is 25.5 Å². The van der Waals surface area contributed by atoms with Crippen LogP contribution in [0.2, 0.25) is 0 Å². The van der Waals surface area contributed by atoms with Gasteiger partial charge in [0.05, 0.1) is 16.8 Å². The van der Waals surface area contributed by atoms with E-state index < -0.39 is 0 Å². The van der Waals surface area contributed by atoms with E-state index in [1.807, 2.05) is 13.8 Å². The molecule has 1 amide bonds. The van der Waals surface area contributed by atoms with Gasteiger partial charge >= 0.3 is 0 Å². The standard InChI is InChI=1S/C24H28FN7OS/c1-11-20-21(26)22(34-24(20)29-12(2)28-11)23(33)30-14-3-4-17-15(7-14)16(25)8-19(31-17)32-6-5-13-9-27-10-18(13)32/h8,13-14,18,27H,3-7,9-10,26H2,1-2H3,(H,30,33). The molecule has 3 atom stereocenters. The molecule has 1 aliphatic carbocycles. The van der Waals surface area contributed by atoms with Gasteiger partial charge in [-0.25, -0.2) is 19.3 Å². The Morgan fingerprint density at radius 1 is 1.26 bits per heavy atom. The van der Waals surface area contributed by atoms with Crippen molar-refractivity contribution in [2.24, 2.45) is 5.92 Å². The van der Waals surface area contributed by atoms with Crippen molar-refractivity contribution in [3.8, 4) is 0 Å². The number of halogens is 1. The lowest BCUT2D eigenvalue weighted by Gasteiger charge is -2.29. The molecule has 5 heterocycles. The zero-order chi connectivity index (χ0) is 23.6. The Morgan fingerprint density at radius 3 is 2.97 bits per heavy atom. The predicted molar refractivity (Wildman–Crippen MR) is 131 cm³/mol. The first-order valence-corrected chi connectivity index (χ1v) is 12.7. The number of thiophene rings is 1. The molecule has 6 rings (SSSR count). The maximum Gasteiger partial charge on any atom is 0.263 e. The van der Waals surface area contributed by atoms with Gasteiger partial charge in [0.15, 0.2) is 0 Å².